The van der Waals surface area contributed by atoms with Crippen LogP contribution in [0.1, 0.15) is 54.7 Å². The molecule has 1 saturated heterocycles. The second-order valence-electron chi connectivity index (χ2n) is 9.46. The molecule has 3 aliphatic rings. The van der Waals surface area contributed by atoms with E-state index in [1.165, 1.54) is 50.8 Å². The molecule has 0 atom stereocenters. The van der Waals surface area contributed by atoms with E-state index in [4.69, 9.17) is 5.73 Å². The van der Waals surface area contributed by atoms with Crippen LogP contribution in [0.5, 0.6) is 0 Å². The summed E-state index contributed by atoms with van der Waals surface area (Å²) in [4.78, 5) is 17.3. The summed E-state index contributed by atoms with van der Waals surface area (Å²) < 4.78 is 0. The second-order valence-corrected chi connectivity index (χ2v) is 9.46. The average Bonchev–Trinajstić information content (AvgIpc) is 2.96. The number of carbonyl (C=O) groups is 1. The van der Waals surface area contributed by atoms with Gasteiger partial charge in [0.05, 0.1) is 0 Å². The zero-order chi connectivity index (χ0) is 21.2. The molecule has 2 aromatic rings. The molecule has 2 fully saturated rings. The number of carbonyl (C=O) groups excluding carboxylic acids is 1. The van der Waals surface area contributed by atoms with Crippen LogP contribution in [0.3, 0.4) is 0 Å². The number of nitrogens with zero attached hydrogens (tertiary/aromatic N) is 2. The average molecular weight is 419 g/mol. The number of anilines is 2. The molecular formula is C26H34N4O. The Kier molecular flexibility index (Phi) is 5.86. The number of benzene rings is 2. The van der Waals surface area contributed by atoms with Crippen LogP contribution in [0.15, 0.2) is 42.5 Å². The topological polar surface area (TPSA) is 61.6 Å². The largest absolute Gasteiger partial charge is 0.399 e. The summed E-state index contributed by atoms with van der Waals surface area (Å²) in [5.41, 5.74) is 11.8. The lowest BCUT2D eigenvalue weighted by molar-refractivity contribution is 0.133. The number of rotatable bonds is 3. The van der Waals surface area contributed by atoms with Crippen molar-refractivity contribution >= 4 is 17.4 Å². The van der Waals surface area contributed by atoms with Gasteiger partial charge in [0.15, 0.2) is 0 Å². The number of urea groups is 1. The Morgan fingerprint density at radius 2 is 1.58 bits per heavy atom. The predicted molar refractivity (Wildman–Crippen MR) is 126 cm³/mol. The summed E-state index contributed by atoms with van der Waals surface area (Å²) in [6.45, 7) is 4.04. The lowest BCUT2D eigenvalue weighted by Crippen LogP contribution is -2.41. The van der Waals surface area contributed by atoms with Gasteiger partial charge in [-0.25, -0.2) is 4.79 Å². The lowest BCUT2D eigenvalue weighted by Gasteiger charge is -2.36. The van der Waals surface area contributed by atoms with E-state index in [0.29, 0.717) is 11.6 Å². The highest BCUT2D eigenvalue weighted by molar-refractivity contribution is 5.89. The maximum Gasteiger partial charge on any atom is 0.321 e. The van der Waals surface area contributed by atoms with E-state index in [1.54, 1.807) is 11.1 Å². The SMILES string of the molecule is Nc1ccc(NC(=O)N2CCC(c3ccc4c(c3)CCN(C3CCC3)CC4)CC2)cc1. The molecule has 1 saturated carbocycles. The number of nitrogens with one attached hydrogen (secondary N) is 1. The van der Waals surface area contributed by atoms with Crippen LogP contribution >= 0.6 is 0 Å². The molecule has 5 nitrogen and oxygen atoms in total. The minimum Gasteiger partial charge on any atom is -0.399 e. The van der Waals surface area contributed by atoms with Crippen molar-refractivity contribution in [1.82, 2.24) is 9.80 Å². The van der Waals surface area contributed by atoms with Crippen molar-refractivity contribution in [3.63, 3.8) is 0 Å². The van der Waals surface area contributed by atoms with E-state index in [9.17, 15) is 4.79 Å². The lowest BCUT2D eigenvalue weighted by atomic mass is 9.87. The molecule has 0 unspecified atom stereocenters. The molecule has 5 heteroatoms. The summed E-state index contributed by atoms with van der Waals surface area (Å²) >= 11 is 0. The summed E-state index contributed by atoms with van der Waals surface area (Å²) in [7, 11) is 0. The Hall–Kier alpha value is -2.53. The molecule has 2 aliphatic heterocycles. The Morgan fingerprint density at radius 3 is 2.26 bits per heavy atom. The highest BCUT2D eigenvalue weighted by Gasteiger charge is 2.27. The van der Waals surface area contributed by atoms with Crippen molar-refractivity contribution < 1.29 is 4.79 Å². The molecule has 0 radical (unpaired) electrons. The Morgan fingerprint density at radius 1 is 0.871 bits per heavy atom. The molecule has 2 heterocycles. The van der Waals surface area contributed by atoms with Gasteiger partial charge in [0.2, 0.25) is 0 Å². The molecule has 0 aromatic heterocycles. The molecule has 5 rings (SSSR count). The summed E-state index contributed by atoms with van der Waals surface area (Å²) in [5, 5.41) is 2.99. The van der Waals surface area contributed by atoms with Gasteiger partial charge >= 0.3 is 6.03 Å². The molecular weight excluding hydrogens is 384 g/mol. The van der Waals surface area contributed by atoms with Gasteiger partial charge in [-0.1, -0.05) is 24.6 Å². The zero-order valence-corrected chi connectivity index (χ0v) is 18.4. The number of nitrogen functional groups attached to an aromatic ring is 1. The monoisotopic (exact) mass is 418 g/mol. The van der Waals surface area contributed by atoms with Gasteiger partial charge in [0.25, 0.3) is 0 Å². The van der Waals surface area contributed by atoms with Crippen molar-refractivity contribution in [2.24, 2.45) is 0 Å². The quantitative estimate of drug-likeness (QED) is 0.714. The van der Waals surface area contributed by atoms with Crippen LogP contribution in [-0.4, -0.2) is 48.1 Å². The first kappa shape index (κ1) is 20.4. The van der Waals surface area contributed by atoms with E-state index >= 15 is 0 Å². The van der Waals surface area contributed by atoms with Crippen LogP contribution in [0, 0.1) is 0 Å². The van der Waals surface area contributed by atoms with Gasteiger partial charge in [0, 0.05) is 43.6 Å². The smallest absolute Gasteiger partial charge is 0.321 e. The predicted octanol–water partition coefficient (Wildman–Crippen LogP) is 4.63. The van der Waals surface area contributed by atoms with E-state index in [1.807, 2.05) is 29.2 Å². The van der Waals surface area contributed by atoms with Gasteiger partial charge in [-0.2, -0.15) is 0 Å². The molecule has 0 bridgehead atoms. The number of piperidine rings is 1. The first-order chi connectivity index (χ1) is 15.2. The van der Waals surface area contributed by atoms with Gasteiger partial charge in [0.1, 0.15) is 0 Å². The summed E-state index contributed by atoms with van der Waals surface area (Å²) in [6.07, 6.45) is 8.63. The Balaban J connectivity index is 1.17. The van der Waals surface area contributed by atoms with Crippen molar-refractivity contribution in [1.29, 1.82) is 0 Å². The summed E-state index contributed by atoms with van der Waals surface area (Å²) in [5.74, 6) is 0.553. The fraction of sp³-hybridized carbons (Fsp3) is 0.500. The van der Waals surface area contributed by atoms with Crippen molar-refractivity contribution in [3.8, 4) is 0 Å². The zero-order valence-electron chi connectivity index (χ0n) is 18.4. The molecule has 164 valence electrons. The van der Waals surface area contributed by atoms with Crippen molar-refractivity contribution in [2.45, 2.75) is 56.9 Å². The van der Waals surface area contributed by atoms with Gasteiger partial charge in [-0.3, -0.25) is 4.90 Å². The standard InChI is InChI=1S/C26H34N4O/c27-23-6-8-24(9-7-23)28-26(31)30-16-11-20(12-17-30)21-5-4-19-10-14-29(25-2-1-3-25)15-13-22(19)18-21/h4-9,18,20,25H,1-3,10-17,27H2,(H,28,31). The Bertz CT molecular complexity index is 914. The number of likely N-dealkylation sites (tertiary alicyclic amines) is 1. The van der Waals surface area contributed by atoms with Crippen LogP contribution in [0.25, 0.3) is 0 Å². The second kappa shape index (κ2) is 8.91. The number of hydrogen-bond acceptors (Lipinski definition) is 3. The first-order valence-electron chi connectivity index (χ1n) is 11.9. The first-order valence-corrected chi connectivity index (χ1v) is 11.9. The highest BCUT2D eigenvalue weighted by Crippen LogP contribution is 2.32. The normalized spacial score (nSPS) is 20.6. The van der Waals surface area contributed by atoms with Crippen LogP contribution in [0.4, 0.5) is 16.2 Å². The third-order valence-corrected chi connectivity index (χ3v) is 7.57. The van der Waals surface area contributed by atoms with E-state index in [2.05, 4.69) is 28.4 Å². The molecule has 0 spiro atoms. The van der Waals surface area contributed by atoms with E-state index in [0.717, 1.165) is 37.7 Å². The molecule has 2 aromatic carbocycles. The number of nitrogens with two attached hydrogens (primary N) is 1. The van der Waals surface area contributed by atoms with Crippen LogP contribution < -0.4 is 11.1 Å². The molecule has 31 heavy (non-hydrogen) atoms. The fourth-order valence-electron chi connectivity index (χ4n) is 5.32. The third kappa shape index (κ3) is 4.57. The maximum atomic E-state index is 12.6. The number of amides is 2. The fourth-order valence-corrected chi connectivity index (χ4v) is 5.32. The van der Waals surface area contributed by atoms with Crippen molar-refractivity contribution in [3.05, 3.63) is 59.2 Å². The van der Waals surface area contributed by atoms with E-state index < -0.39 is 0 Å². The number of hydrogen-bond donors (Lipinski definition) is 2. The van der Waals surface area contributed by atoms with E-state index in [-0.39, 0.29) is 6.03 Å². The van der Waals surface area contributed by atoms with Gasteiger partial charge < -0.3 is 16.0 Å². The number of fused-ring (bicyclic) bond motifs is 1. The van der Waals surface area contributed by atoms with Crippen LogP contribution in [-0.2, 0) is 12.8 Å². The minimum atomic E-state index is -0.0127. The van der Waals surface area contributed by atoms with Gasteiger partial charge in [-0.15, -0.1) is 0 Å². The van der Waals surface area contributed by atoms with Crippen LogP contribution in [0.2, 0.25) is 0 Å². The molecule has 2 amide bonds. The van der Waals surface area contributed by atoms with Crippen molar-refractivity contribution in [2.75, 3.05) is 37.2 Å². The molecule has 1 aliphatic carbocycles. The highest BCUT2D eigenvalue weighted by atomic mass is 16.2. The Labute approximate surface area is 185 Å². The van der Waals surface area contributed by atoms with Gasteiger partial charge in [-0.05, 0) is 85.4 Å². The minimum absolute atomic E-state index is 0.0127. The summed E-state index contributed by atoms with van der Waals surface area (Å²) in [6, 6.07) is 15.4. The molecule has 3 N–H and O–H groups in total. The third-order valence-electron chi connectivity index (χ3n) is 7.57. The maximum absolute atomic E-state index is 12.6.